The van der Waals surface area contributed by atoms with Crippen LogP contribution in [0.25, 0.3) is 0 Å². The summed E-state index contributed by atoms with van der Waals surface area (Å²) in [6, 6.07) is 2.31. The highest BCUT2D eigenvalue weighted by Gasteiger charge is 2.26. The number of carbonyl (C=O) groups excluding carboxylic acids is 1. The predicted octanol–water partition coefficient (Wildman–Crippen LogP) is 0.876. The van der Waals surface area contributed by atoms with E-state index in [-0.39, 0.29) is 0 Å². The number of hydrogen-bond donors (Lipinski definition) is 2. The largest absolute Gasteiger partial charge is 0.356 e. The molecule has 0 aliphatic carbocycles. The topological polar surface area (TPSA) is 74.6 Å². The molecule has 7 nitrogen and oxygen atoms in total. The number of amides is 1. The summed E-state index contributed by atoms with van der Waals surface area (Å²) < 4.78 is 1.84. The number of aromatic nitrogens is 2. The van der Waals surface area contributed by atoms with Crippen molar-refractivity contribution in [3.63, 3.8) is 0 Å². The monoisotopic (exact) mass is 320 g/mol. The third kappa shape index (κ3) is 4.71. The van der Waals surface area contributed by atoms with Gasteiger partial charge in [-0.25, -0.2) is 0 Å². The number of carbonyl (C=O) groups is 1. The highest BCUT2D eigenvalue weighted by molar-refractivity contribution is 5.79. The van der Waals surface area contributed by atoms with Gasteiger partial charge in [0.05, 0.1) is 12.2 Å². The fraction of sp³-hybridized carbons (Fsp3) is 0.688. The van der Waals surface area contributed by atoms with Crippen molar-refractivity contribution >= 4 is 11.9 Å². The van der Waals surface area contributed by atoms with Crippen molar-refractivity contribution in [2.75, 3.05) is 20.1 Å². The summed E-state index contributed by atoms with van der Waals surface area (Å²) in [6.07, 6.45) is 5.42. The normalized spacial score (nSPS) is 16.7. The second kappa shape index (κ2) is 8.55. The Balaban J connectivity index is 1.74. The highest BCUT2D eigenvalue weighted by atomic mass is 16.2. The number of nitrogens with zero attached hydrogens (tertiary/aromatic N) is 4. The van der Waals surface area contributed by atoms with Crippen LogP contribution in [-0.2, 0) is 18.4 Å². The van der Waals surface area contributed by atoms with Gasteiger partial charge in [0, 0.05) is 45.8 Å². The number of nitrogens with one attached hydrogen (secondary N) is 2. The molecule has 1 fully saturated rings. The van der Waals surface area contributed by atoms with Gasteiger partial charge >= 0.3 is 0 Å². The zero-order valence-electron chi connectivity index (χ0n) is 14.4. The maximum Gasteiger partial charge on any atom is 0.222 e. The fourth-order valence-electron chi connectivity index (χ4n) is 2.96. The maximum atomic E-state index is 11.9. The Kier molecular flexibility index (Phi) is 6.43. The maximum absolute atomic E-state index is 11.9. The van der Waals surface area contributed by atoms with Crippen molar-refractivity contribution in [1.82, 2.24) is 25.3 Å². The quantitative estimate of drug-likeness (QED) is 0.578. The Bertz CT molecular complexity index is 538. The molecule has 0 saturated carbocycles. The molecular formula is C16H28N6O. The smallest absolute Gasteiger partial charge is 0.222 e. The zero-order chi connectivity index (χ0) is 16.7. The molecule has 0 spiro atoms. The van der Waals surface area contributed by atoms with E-state index in [1.807, 2.05) is 22.7 Å². The lowest BCUT2D eigenvalue weighted by Crippen LogP contribution is -2.41. The van der Waals surface area contributed by atoms with Gasteiger partial charge in [0.25, 0.3) is 0 Å². The first kappa shape index (κ1) is 17.3. The molecule has 1 aromatic rings. The van der Waals surface area contributed by atoms with Crippen LogP contribution in [0.2, 0.25) is 0 Å². The van der Waals surface area contributed by atoms with Crippen molar-refractivity contribution in [2.24, 2.45) is 12.0 Å². The molecule has 1 aliphatic rings. The Hall–Kier alpha value is -2.05. The van der Waals surface area contributed by atoms with Crippen LogP contribution >= 0.6 is 0 Å². The molecule has 1 aromatic heterocycles. The van der Waals surface area contributed by atoms with Gasteiger partial charge in [0.15, 0.2) is 5.96 Å². The average Bonchev–Trinajstić information content (AvgIpc) is 3.15. The summed E-state index contributed by atoms with van der Waals surface area (Å²) >= 11 is 0. The lowest BCUT2D eigenvalue weighted by Gasteiger charge is -2.27. The predicted molar refractivity (Wildman–Crippen MR) is 91.1 cm³/mol. The van der Waals surface area contributed by atoms with E-state index in [1.165, 1.54) is 0 Å². The first-order valence-corrected chi connectivity index (χ1v) is 8.36. The summed E-state index contributed by atoms with van der Waals surface area (Å²) in [5.41, 5.74) is 1.10. The van der Waals surface area contributed by atoms with Crippen molar-refractivity contribution < 1.29 is 4.79 Å². The van der Waals surface area contributed by atoms with Crippen LogP contribution in [-0.4, -0.2) is 52.7 Å². The van der Waals surface area contributed by atoms with Crippen LogP contribution in [0.1, 0.15) is 38.3 Å². The van der Waals surface area contributed by atoms with Gasteiger partial charge in [-0.2, -0.15) is 5.10 Å². The number of guanidine groups is 1. The Morgan fingerprint density at radius 3 is 2.87 bits per heavy atom. The molecule has 0 bridgehead atoms. The molecule has 7 heteroatoms. The minimum Gasteiger partial charge on any atom is -0.356 e. The molecule has 1 unspecified atom stereocenters. The molecule has 2 heterocycles. The fourth-order valence-corrected chi connectivity index (χ4v) is 2.96. The molecule has 23 heavy (non-hydrogen) atoms. The second-order valence-electron chi connectivity index (χ2n) is 5.84. The van der Waals surface area contributed by atoms with Crippen LogP contribution in [0.4, 0.5) is 0 Å². The van der Waals surface area contributed by atoms with E-state index in [0.717, 1.165) is 44.0 Å². The molecule has 0 aromatic carbocycles. The minimum absolute atomic E-state index is 0.301. The standard InChI is InChI=1S/C16H28N6O/c1-4-13(22-11-5-6-15(22)23)7-9-18-16(17-2)19-12-14-8-10-20-21(14)3/h8,10,13H,4-7,9,11-12H2,1-3H3,(H2,17,18,19). The summed E-state index contributed by atoms with van der Waals surface area (Å²) in [4.78, 5) is 18.1. The lowest BCUT2D eigenvalue weighted by atomic mass is 10.1. The molecule has 0 radical (unpaired) electrons. The molecule has 1 saturated heterocycles. The second-order valence-corrected chi connectivity index (χ2v) is 5.84. The number of aryl methyl sites for hydroxylation is 1. The molecule has 128 valence electrons. The average molecular weight is 320 g/mol. The first-order chi connectivity index (χ1) is 11.2. The Morgan fingerprint density at radius 1 is 1.48 bits per heavy atom. The molecule has 1 aliphatic heterocycles. The van der Waals surface area contributed by atoms with Crippen LogP contribution in [0.15, 0.2) is 17.3 Å². The van der Waals surface area contributed by atoms with E-state index in [9.17, 15) is 4.79 Å². The van der Waals surface area contributed by atoms with Gasteiger partial charge in [-0.15, -0.1) is 0 Å². The highest BCUT2D eigenvalue weighted by Crippen LogP contribution is 2.17. The van der Waals surface area contributed by atoms with Gasteiger partial charge in [-0.3, -0.25) is 14.5 Å². The third-order valence-corrected chi connectivity index (χ3v) is 4.38. The number of likely N-dealkylation sites (tertiary alicyclic amines) is 1. The molecule has 2 N–H and O–H groups in total. The van der Waals surface area contributed by atoms with E-state index in [0.29, 0.717) is 24.9 Å². The summed E-state index contributed by atoms with van der Waals surface area (Å²) in [6.45, 7) is 4.53. The number of aliphatic imine (C=N–C) groups is 1. The van der Waals surface area contributed by atoms with Crippen LogP contribution in [0, 0.1) is 0 Å². The summed E-state index contributed by atoms with van der Waals surface area (Å²) in [5.74, 6) is 1.07. The van der Waals surface area contributed by atoms with Crippen LogP contribution in [0.3, 0.4) is 0 Å². The van der Waals surface area contributed by atoms with Gasteiger partial charge in [0.1, 0.15) is 0 Å². The lowest BCUT2D eigenvalue weighted by molar-refractivity contribution is -0.129. The molecule has 1 amide bonds. The minimum atomic E-state index is 0.301. The summed E-state index contributed by atoms with van der Waals surface area (Å²) in [5, 5.41) is 10.8. The van der Waals surface area contributed by atoms with Gasteiger partial charge in [-0.05, 0) is 25.3 Å². The Labute approximate surface area is 138 Å². The van der Waals surface area contributed by atoms with Gasteiger partial charge in [-0.1, -0.05) is 6.92 Å². The number of rotatable bonds is 7. The third-order valence-electron chi connectivity index (χ3n) is 4.38. The zero-order valence-corrected chi connectivity index (χ0v) is 14.4. The molecular weight excluding hydrogens is 292 g/mol. The van der Waals surface area contributed by atoms with Gasteiger partial charge in [0.2, 0.25) is 5.91 Å². The molecule has 1 atom stereocenters. The van der Waals surface area contributed by atoms with Crippen molar-refractivity contribution in [3.05, 3.63) is 18.0 Å². The van der Waals surface area contributed by atoms with E-state index >= 15 is 0 Å². The van der Waals surface area contributed by atoms with E-state index in [1.54, 1.807) is 13.2 Å². The van der Waals surface area contributed by atoms with Crippen LogP contribution in [0.5, 0.6) is 0 Å². The molecule has 2 rings (SSSR count). The van der Waals surface area contributed by atoms with E-state index in [2.05, 4.69) is 27.6 Å². The summed E-state index contributed by atoms with van der Waals surface area (Å²) in [7, 11) is 3.69. The first-order valence-electron chi connectivity index (χ1n) is 8.36. The van der Waals surface area contributed by atoms with Gasteiger partial charge < -0.3 is 15.5 Å². The van der Waals surface area contributed by atoms with Crippen LogP contribution < -0.4 is 10.6 Å². The van der Waals surface area contributed by atoms with Crippen molar-refractivity contribution in [2.45, 2.75) is 45.2 Å². The Morgan fingerprint density at radius 2 is 2.30 bits per heavy atom. The van der Waals surface area contributed by atoms with Crippen molar-refractivity contribution in [1.29, 1.82) is 0 Å². The van der Waals surface area contributed by atoms with E-state index in [4.69, 9.17) is 0 Å². The van der Waals surface area contributed by atoms with E-state index < -0.39 is 0 Å². The SMILES string of the molecule is CCC(CCNC(=NC)NCc1ccnn1C)N1CCCC1=O. The number of hydrogen-bond acceptors (Lipinski definition) is 3. The van der Waals surface area contributed by atoms with Crippen molar-refractivity contribution in [3.8, 4) is 0 Å².